The average molecular weight is 266 g/mol. The summed E-state index contributed by atoms with van der Waals surface area (Å²) in [6.45, 7) is 5.83. The van der Waals surface area contributed by atoms with Gasteiger partial charge in [-0.15, -0.1) is 0 Å². The maximum Gasteiger partial charge on any atom is 0.126 e. The van der Waals surface area contributed by atoms with Crippen LogP contribution < -0.4 is 5.32 Å². The van der Waals surface area contributed by atoms with Crippen LogP contribution in [0.2, 0.25) is 0 Å². The molecule has 1 unspecified atom stereocenters. The molecule has 0 bridgehead atoms. The zero-order chi connectivity index (χ0) is 13.7. The molecule has 1 heterocycles. The summed E-state index contributed by atoms with van der Waals surface area (Å²) in [6.07, 6.45) is 1.60. The van der Waals surface area contributed by atoms with Gasteiger partial charge < -0.3 is 10.4 Å². The molecular formula is C15H23FN2O. The summed E-state index contributed by atoms with van der Waals surface area (Å²) in [5.41, 5.74) is 0.282. The second-order valence-corrected chi connectivity index (χ2v) is 5.51. The van der Waals surface area contributed by atoms with E-state index in [2.05, 4.69) is 10.2 Å². The first-order valence-corrected chi connectivity index (χ1v) is 6.96. The molecule has 0 amide bonds. The Bertz CT molecular complexity index is 405. The highest BCUT2D eigenvalue weighted by Gasteiger charge is 2.32. The fraction of sp³-hybridized carbons (Fsp3) is 0.600. The third-order valence-corrected chi connectivity index (χ3v) is 3.97. The van der Waals surface area contributed by atoms with Gasteiger partial charge in [0.25, 0.3) is 0 Å². The van der Waals surface area contributed by atoms with Gasteiger partial charge in [-0.2, -0.15) is 0 Å². The van der Waals surface area contributed by atoms with Crippen LogP contribution in [0.1, 0.15) is 18.9 Å². The van der Waals surface area contributed by atoms with Gasteiger partial charge in [0, 0.05) is 25.2 Å². The lowest BCUT2D eigenvalue weighted by molar-refractivity contribution is 0.0473. The zero-order valence-electron chi connectivity index (χ0n) is 11.5. The van der Waals surface area contributed by atoms with E-state index in [1.807, 2.05) is 13.0 Å². The van der Waals surface area contributed by atoms with E-state index in [0.717, 1.165) is 32.6 Å². The van der Waals surface area contributed by atoms with Gasteiger partial charge in [-0.25, -0.2) is 4.39 Å². The molecular weight excluding hydrogens is 243 g/mol. The van der Waals surface area contributed by atoms with Gasteiger partial charge in [0.1, 0.15) is 5.82 Å². The van der Waals surface area contributed by atoms with E-state index in [9.17, 15) is 9.50 Å². The summed E-state index contributed by atoms with van der Waals surface area (Å²) in [7, 11) is 0. The van der Waals surface area contributed by atoms with E-state index in [1.165, 1.54) is 6.07 Å². The van der Waals surface area contributed by atoms with Gasteiger partial charge in [0.2, 0.25) is 0 Å². The highest BCUT2D eigenvalue weighted by atomic mass is 19.1. The number of hydrogen-bond acceptors (Lipinski definition) is 3. The number of hydrogen-bond donors (Lipinski definition) is 2. The molecule has 1 atom stereocenters. The van der Waals surface area contributed by atoms with Crippen molar-refractivity contribution in [2.24, 2.45) is 0 Å². The van der Waals surface area contributed by atoms with Gasteiger partial charge in [-0.3, -0.25) is 4.90 Å². The molecule has 2 rings (SSSR count). The third-order valence-electron chi connectivity index (χ3n) is 3.97. The number of aliphatic hydroxyl groups is 1. The minimum absolute atomic E-state index is 0.0430. The summed E-state index contributed by atoms with van der Waals surface area (Å²) in [5, 5.41) is 13.1. The molecule has 0 aromatic heterocycles. The van der Waals surface area contributed by atoms with E-state index in [-0.39, 0.29) is 12.4 Å². The highest BCUT2D eigenvalue weighted by molar-refractivity contribution is 5.20. The molecule has 106 valence electrons. The standard InChI is InChI=1S/C15H23FN2O/c1-15(12-19,18-9-4-7-17-8-10-18)11-13-5-2-3-6-14(13)16/h2-3,5-6,17,19H,4,7-12H2,1H3. The molecule has 1 aliphatic heterocycles. The molecule has 0 saturated carbocycles. The Morgan fingerprint density at radius 3 is 2.84 bits per heavy atom. The number of aliphatic hydroxyl groups excluding tert-OH is 1. The number of halogens is 1. The first-order valence-electron chi connectivity index (χ1n) is 6.96. The smallest absolute Gasteiger partial charge is 0.126 e. The van der Waals surface area contributed by atoms with Crippen LogP contribution in [0.25, 0.3) is 0 Å². The molecule has 3 nitrogen and oxygen atoms in total. The Hall–Kier alpha value is -0.970. The maximum absolute atomic E-state index is 13.8. The largest absolute Gasteiger partial charge is 0.394 e. The molecule has 1 fully saturated rings. The average Bonchev–Trinajstić information content (AvgIpc) is 2.71. The summed E-state index contributed by atoms with van der Waals surface area (Å²) in [4.78, 5) is 2.28. The van der Waals surface area contributed by atoms with Crippen molar-refractivity contribution in [3.63, 3.8) is 0 Å². The molecule has 4 heteroatoms. The Morgan fingerprint density at radius 2 is 2.11 bits per heavy atom. The van der Waals surface area contributed by atoms with Crippen LogP contribution >= 0.6 is 0 Å². The van der Waals surface area contributed by atoms with Crippen molar-refractivity contribution >= 4 is 0 Å². The van der Waals surface area contributed by atoms with E-state index in [4.69, 9.17) is 0 Å². The maximum atomic E-state index is 13.8. The van der Waals surface area contributed by atoms with Crippen molar-refractivity contribution in [3.05, 3.63) is 35.6 Å². The van der Waals surface area contributed by atoms with Crippen molar-refractivity contribution < 1.29 is 9.50 Å². The second-order valence-electron chi connectivity index (χ2n) is 5.51. The highest BCUT2D eigenvalue weighted by Crippen LogP contribution is 2.23. The first kappa shape index (κ1) is 14.4. The quantitative estimate of drug-likeness (QED) is 0.865. The van der Waals surface area contributed by atoms with Gasteiger partial charge >= 0.3 is 0 Å². The molecule has 0 spiro atoms. The van der Waals surface area contributed by atoms with E-state index in [0.29, 0.717) is 12.0 Å². The summed E-state index contributed by atoms with van der Waals surface area (Å²) < 4.78 is 13.8. The molecule has 19 heavy (non-hydrogen) atoms. The topological polar surface area (TPSA) is 35.5 Å². The van der Waals surface area contributed by atoms with Crippen molar-refractivity contribution in [2.45, 2.75) is 25.3 Å². The molecule has 0 radical (unpaired) electrons. The second kappa shape index (κ2) is 6.46. The van der Waals surface area contributed by atoms with E-state index in [1.54, 1.807) is 12.1 Å². The van der Waals surface area contributed by atoms with Crippen LogP contribution in [0.15, 0.2) is 24.3 Å². The predicted octanol–water partition coefficient (Wildman–Crippen LogP) is 1.41. The van der Waals surface area contributed by atoms with Crippen LogP contribution in [-0.2, 0) is 6.42 Å². The summed E-state index contributed by atoms with van der Waals surface area (Å²) >= 11 is 0. The van der Waals surface area contributed by atoms with Crippen LogP contribution in [-0.4, -0.2) is 48.3 Å². The molecule has 2 N–H and O–H groups in total. The predicted molar refractivity (Wildman–Crippen MR) is 74.7 cm³/mol. The van der Waals surface area contributed by atoms with Gasteiger partial charge in [-0.1, -0.05) is 18.2 Å². The summed E-state index contributed by atoms with van der Waals surface area (Å²) in [5.74, 6) is -0.185. The molecule has 0 aliphatic carbocycles. The van der Waals surface area contributed by atoms with Crippen LogP contribution in [0.5, 0.6) is 0 Å². The van der Waals surface area contributed by atoms with Gasteiger partial charge in [0.15, 0.2) is 0 Å². The van der Waals surface area contributed by atoms with Crippen LogP contribution in [0, 0.1) is 5.82 Å². The molecule has 1 aliphatic rings. The SMILES string of the molecule is CC(CO)(Cc1ccccc1F)N1CCCNCC1. The van der Waals surface area contributed by atoms with Crippen molar-refractivity contribution in [2.75, 3.05) is 32.8 Å². The van der Waals surface area contributed by atoms with Crippen molar-refractivity contribution in [1.82, 2.24) is 10.2 Å². The Balaban J connectivity index is 2.14. The Labute approximate surface area is 114 Å². The lowest BCUT2D eigenvalue weighted by Crippen LogP contribution is -2.52. The lowest BCUT2D eigenvalue weighted by atomic mass is 9.91. The van der Waals surface area contributed by atoms with Crippen molar-refractivity contribution in [1.29, 1.82) is 0 Å². The van der Waals surface area contributed by atoms with Gasteiger partial charge in [-0.05, 0) is 37.9 Å². The lowest BCUT2D eigenvalue weighted by Gasteiger charge is -2.39. The minimum Gasteiger partial charge on any atom is -0.394 e. The first-order chi connectivity index (χ1) is 9.15. The third kappa shape index (κ3) is 3.53. The number of nitrogens with one attached hydrogen (secondary N) is 1. The number of rotatable bonds is 4. The Morgan fingerprint density at radius 1 is 1.32 bits per heavy atom. The molecule has 1 aromatic carbocycles. The monoisotopic (exact) mass is 266 g/mol. The summed E-state index contributed by atoms with van der Waals surface area (Å²) in [6, 6.07) is 6.83. The van der Waals surface area contributed by atoms with Crippen molar-refractivity contribution in [3.8, 4) is 0 Å². The molecule has 1 saturated heterocycles. The van der Waals surface area contributed by atoms with Crippen LogP contribution in [0.3, 0.4) is 0 Å². The van der Waals surface area contributed by atoms with Crippen LogP contribution in [0.4, 0.5) is 4.39 Å². The van der Waals surface area contributed by atoms with E-state index < -0.39 is 5.54 Å². The van der Waals surface area contributed by atoms with Gasteiger partial charge in [0.05, 0.1) is 6.61 Å². The number of nitrogens with zero attached hydrogens (tertiary/aromatic N) is 1. The Kier molecular flexibility index (Phi) is 4.91. The van der Waals surface area contributed by atoms with E-state index >= 15 is 0 Å². The molecule has 1 aromatic rings. The zero-order valence-corrected chi connectivity index (χ0v) is 11.5. The fourth-order valence-electron chi connectivity index (χ4n) is 2.71. The fourth-order valence-corrected chi connectivity index (χ4v) is 2.71. The minimum atomic E-state index is -0.395. The number of benzene rings is 1. The normalized spacial score (nSPS) is 20.8.